The molecule has 5 rings (SSSR count). The van der Waals surface area contributed by atoms with Crippen LogP contribution in [0.3, 0.4) is 0 Å². The summed E-state index contributed by atoms with van der Waals surface area (Å²) in [5.41, 5.74) is 3.01. The second-order valence-corrected chi connectivity index (χ2v) is 8.58. The Balaban J connectivity index is 1.64. The van der Waals surface area contributed by atoms with E-state index in [1.165, 1.54) is 10.8 Å². The number of H-pyrrole nitrogens is 1. The number of rotatable bonds is 5. The molecule has 154 valence electrons. The van der Waals surface area contributed by atoms with E-state index in [1.807, 2.05) is 36.4 Å². The zero-order chi connectivity index (χ0) is 21.4. The molecule has 0 saturated carbocycles. The fourth-order valence-corrected chi connectivity index (χ4v) is 5.29. The lowest BCUT2D eigenvalue weighted by Gasteiger charge is -2.07. The van der Waals surface area contributed by atoms with E-state index >= 15 is 0 Å². The van der Waals surface area contributed by atoms with Gasteiger partial charge < -0.3 is 9.72 Å². The molecule has 0 aliphatic carbocycles. The Hall–Kier alpha value is -3.44. The largest absolute Gasteiger partial charge is 0.497 e. The van der Waals surface area contributed by atoms with E-state index in [0.29, 0.717) is 17.6 Å². The molecule has 0 atom stereocenters. The summed E-state index contributed by atoms with van der Waals surface area (Å²) in [6.45, 7) is 2.11. The molecule has 0 radical (unpaired) electrons. The number of thiophene rings is 1. The van der Waals surface area contributed by atoms with Crippen LogP contribution in [0.1, 0.15) is 23.2 Å². The second kappa shape index (κ2) is 8.00. The summed E-state index contributed by atoms with van der Waals surface area (Å²) in [4.78, 5) is 23.1. The van der Waals surface area contributed by atoms with Crippen LogP contribution < -0.4 is 10.3 Å². The fourth-order valence-electron chi connectivity index (χ4n) is 4.14. The molecule has 0 aliphatic heterocycles. The Kier molecular flexibility index (Phi) is 5.04. The average Bonchev–Trinajstić information content (AvgIpc) is 3.18. The number of aryl methyl sites for hydroxylation is 1. The molecule has 0 aliphatic rings. The van der Waals surface area contributed by atoms with Gasteiger partial charge in [0.25, 0.3) is 5.56 Å². The molecule has 0 amide bonds. The van der Waals surface area contributed by atoms with Crippen molar-refractivity contribution >= 4 is 32.3 Å². The number of fused-ring (bicyclic) bond motifs is 2. The first kappa shape index (κ1) is 19.5. The summed E-state index contributed by atoms with van der Waals surface area (Å²) in [5, 5.41) is 3.04. The lowest BCUT2D eigenvalue weighted by atomic mass is 10.0. The number of aromatic amines is 1. The third kappa shape index (κ3) is 3.51. The normalized spacial score (nSPS) is 11.3. The van der Waals surface area contributed by atoms with Crippen LogP contribution in [-0.2, 0) is 12.8 Å². The van der Waals surface area contributed by atoms with Crippen molar-refractivity contribution in [2.24, 2.45) is 0 Å². The Morgan fingerprint density at radius 2 is 1.84 bits per heavy atom. The first-order valence-corrected chi connectivity index (χ1v) is 11.1. The molecule has 0 bridgehead atoms. The Morgan fingerprint density at radius 3 is 2.68 bits per heavy atom. The molecule has 31 heavy (non-hydrogen) atoms. The maximum absolute atomic E-state index is 13.2. The van der Waals surface area contributed by atoms with Gasteiger partial charge in [0.1, 0.15) is 16.4 Å². The van der Waals surface area contributed by atoms with Crippen molar-refractivity contribution in [2.45, 2.75) is 19.8 Å². The predicted molar refractivity (Wildman–Crippen MR) is 128 cm³/mol. The van der Waals surface area contributed by atoms with Gasteiger partial charge in [-0.05, 0) is 40.5 Å². The SMILES string of the molecule is CCc1sc2nc(Cc3cccc4ccccc34)[nH]c(=O)c2c1-c1cccc(OC)c1. The minimum absolute atomic E-state index is 0.0889. The van der Waals surface area contributed by atoms with Crippen molar-refractivity contribution in [2.75, 3.05) is 7.11 Å². The molecule has 5 aromatic rings. The molecular weight excluding hydrogens is 404 g/mol. The van der Waals surface area contributed by atoms with Crippen molar-refractivity contribution < 1.29 is 4.74 Å². The maximum atomic E-state index is 13.2. The van der Waals surface area contributed by atoms with E-state index in [2.05, 4.69) is 42.2 Å². The van der Waals surface area contributed by atoms with Crippen LogP contribution in [0.4, 0.5) is 0 Å². The zero-order valence-corrected chi connectivity index (χ0v) is 18.3. The summed E-state index contributed by atoms with van der Waals surface area (Å²) >= 11 is 1.60. The van der Waals surface area contributed by atoms with Gasteiger partial charge in [-0.1, -0.05) is 61.5 Å². The summed E-state index contributed by atoms with van der Waals surface area (Å²) in [6, 6.07) is 22.4. The van der Waals surface area contributed by atoms with Gasteiger partial charge in [-0.15, -0.1) is 11.3 Å². The molecular formula is C26H22N2O2S. The molecule has 4 nitrogen and oxygen atoms in total. The van der Waals surface area contributed by atoms with Crippen LogP contribution in [-0.4, -0.2) is 17.1 Å². The highest BCUT2D eigenvalue weighted by atomic mass is 32.1. The van der Waals surface area contributed by atoms with E-state index in [-0.39, 0.29) is 5.56 Å². The number of nitrogens with one attached hydrogen (secondary N) is 1. The number of aromatic nitrogens is 2. The van der Waals surface area contributed by atoms with E-state index < -0.39 is 0 Å². The Morgan fingerprint density at radius 1 is 1.03 bits per heavy atom. The molecule has 2 heterocycles. The minimum atomic E-state index is -0.0889. The van der Waals surface area contributed by atoms with Gasteiger partial charge in [0, 0.05) is 16.9 Å². The van der Waals surface area contributed by atoms with Crippen LogP contribution >= 0.6 is 11.3 Å². The van der Waals surface area contributed by atoms with E-state index in [9.17, 15) is 4.79 Å². The number of hydrogen-bond acceptors (Lipinski definition) is 4. The van der Waals surface area contributed by atoms with Gasteiger partial charge in [-0.3, -0.25) is 4.79 Å². The van der Waals surface area contributed by atoms with Crippen molar-refractivity contribution in [1.29, 1.82) is 0 Å². The molecule has 2 aromatic heterocycles. The molecule has 0 fully saturated rings. The number of benzene rings is 3. The van der Waals surface area contributed by atoms with Crippen molar-refractivity contribution in [1.82, 2.24) is 9.97 Å². The second-order valence-electron chi connectivity index (χ2n) is 7.49. The highest BCUT2D eigenvalue weighted by molar-refractivity contribution is 7.19. The van der Waals surface area contributed by atoms with Crippen LogP contribution in [0.2, 0.25) is 0 Å². The Bertz CT molecular complexity index is 1460. The van der Waals surface area contributed by atoms with E-state index in [1.54, 1.807) is 18.4 Å². The van der Waals surface area contributed by atoms with Crippen LogP contribution in [0.5, 0.6) is 5.75 Å². The third-order valence-electron chi connectivity index (χ3n) is 5.60. The van der Waals surface area contributed by atoms with Crippen molar-refractivity contribution in [3.8, 4) is 16.9 Å². The number of methoxy groups -OCH3 is 1. The van der Waals surface area contributed by atoms with Gasteiger partial charge in [-0.25, -0.2) is 4.98 Å². The molecule has 0 saturated heterocycles. The Labute approximate surface area is 184 Å². The predicted octanol–water partition coefficient (Wildman–Crippen LogP) is 5.97. The van der Waals surface area contributed by atoms with Crippen LogP contribution in [0.25, 0.3) is 32.1 Å². The van der Waals surface area contributed by atoms with E-state index in [4.69, 9.17) is 9.72 Å². The minimum Gasteiger partial charge on any atom is -0.497 e. The summed E-state index contributed by atoms with van der Waals surface area (Å²) in [5.74, 6) is 1.46. The highest BCUT2D eigenvalue weighted by Crippen LogP contribution is 2.37. The first-order valence-electron chi connectivity index (χ1n) is 10.3. The number of nitrogens with zero attached hydrogens (tertiary/aromatic N) is 1. The van der Waals surface area contributed by atoms with Crippen LogP contribution in [0, 0.1) is 0 Å². The molecule has 0 spiro atoms. The zero-order valence-electron chi connectivity index (χ0n) is 17.4. The average molecular weight is 427 g/mol. The van der Waals surface area contributed by atoms with Crippen LogP contribution in [0.15, 0.2) is 71.5 Å². The molecule has 3 aromatic carbocycles. The lowest BCUT2D eigenvalue weighted by Crippen LogP contribution is -2.12. The van der Waals surface area contributed by atoms with Crippen molar-refractivity contribution in [3.63, 3.8) is 0 Å². The quantitative estimate of drug-likeness (QED) is 0.377. The van der Waals surface area contributed by atoms with Gasteiger partial charge in [0.05, 0.1) is 12.5 Å². The van der Waals surface area contributed by atoms with Gasteiger partial charge in [0.15, 0.2) is 0 Å². The maximum Gasteiger partial charge on any atom is 0.260 e. The van der Waals surface area contributed by atoms with Gasteiger partial charge in [0.2, 0.25) is 0 Å². The smallest absolute Gasteiger partial charge is 0.260 e. The number of hydrogen-bond donors (Lipinski definition) is 1. The summed E-state index contributed by atoms with van der Waals surface area (Å²) < 4.78 is 5.39. The van der Waals surface area contributed by atoms with Gasteiger partial charge >= 0.3 is 0 Å². The van der Waals surface area contributed by atoms with Crippen molar-refractivity contribution in [3.05, 3.63) is 93.3 Å². The standard InChI is InChI=1S/C26H22N2O2S/c1-3-21-23(18-11-7-12-19(14-18)30-2)24-25(29)27-22(28-26(24)31-21)15-17-10-6-9-16-8-4-5-13-20(16)17/h4-14H,3,15H2,1-2H3,(H,27,28,29). The van der Waals surface area contributed by atoms with E-state index in [0.717, 1.165) is 38.6 Å². The summed E-state index contributed by atoms with van der Waals surface area (Å²) in [6.07, 6.45) is 1.42. The molecule has 0 unspecified atom stereocenters. The monoisotopic (exact) mass is 426 g/mol. The van der Waals surface area contributed by atoms with Gasteiger partial charge in [-0.2, -0.15) is 0 Å². The molecule has 5 heteroatoms. The first-order chi connectivity index (χ1) is 15.2. The fraction of sp³-hybridized carbons (Fsp3) is 0.154. The number of ether oxygens (including phenoxy) is 1. The lowest BCUT2D eigenvalue weighted by molar-refractivity contribution is 0.415. The molecule has 1 N–H and O–H groups in total. The topological polar surface area (TPSA) is 55.0 Å². The third-order valence-corrected chi connectivity index (χ3v) is 6.83. The summed E-state index contributed by atoms with van der Waals surface area (Å²) in [7, 11) is 1.65. The highest BCUT2D eigenvalue weighted by Gasteiger charge is 2.18.